The molecule has 1 aromatic heterocycles. The Bertz CT molecular complexity index is 1500. The molecule has 1 saturated heterocycles. The van der Waals surface area contributed by atoms with Crippen LogP contribution < -0.4 is 29.6 Å². The number of carbonyl (C=O) groups excluding carboxylic acids is 1. The van der Waals surface area contributed by atoms with Gasteiger partial charge in [0.2, 0.25) is 5.91 Å². The molecule has 0 spiro atoms. The molecule has 0 unspecified atom stereocenters. The van der Waals surface area contributed by atoms with Crippen molar-refractivity contribution in [1.29, 1.82) is 0 Å². The molecule has 10 nitrogen and oxygen atoms in total. The summed E-state index contributed by atoms with van der Waals surface area (Å²) in [6.07, 6.45) is 3.26. The van der Waals surface area contributed by atoms with E-state index >= 15 is 0 Å². The summed E-state index contributed by atoms with van der Waals surface area (Å²) in [6.45, 7) is 5.78. The first-order chi connectivity index (χ1) is 20.5. The first kappa shape index (κ1) is 28.5. The van der Waals surface area contributed by atoms with Crippen LogP contribution in [-0.2, 0) is 24.1 Å². The smallest absolute Gasteiger partial charge is 0.241 e. The standard InChI is InChI=1S/C32H41N5O5/c1-35-11-13-36(14-12-35)19-28(38)37-10-8-21-22-7-6-20-16-26(42-15-5-9-33)25(39-2)17-23(20)30(22)34-24-18-27(40-3)32(41-4)31(37)29(21)24/h16-18H,5-15,19,33H2,1-4H3. The second kappa shape index (κ2) is 11.9. The molecule has 0 saturated carbocycles. The SMILES string of the molecule is COc1cc2c(cc1OCCCN)CCc1c-2nc2cc(OC)c(OC)c3c2c1CCN3C(=O)CN1CCN(C)CC1. The fraction of sp³-hybridized carbons (Fsp3) is 0.500. The minimum absolute atomic E-state index is 0.0769. The third kappa shape index (κ3) is 5.01. The first-order valence-electron chi connectivity index (χ1n) is 14.8. The van der Waals surface area contributed by atoms with Gasteiger partial charge in [0.25, 0.3) is 0 Å². The molecule has 0 atom stereocenters. The van der Waals surface area contributed by atoms with Crippen LogP contribution in [0.1, 0.15) is 23.1 Å². The van der Waals surface area contributed by atoms with E-state index in [0.29, 0.717) is 43.5 Å². The minimum Gasteiger partial charge on any atom is -0.493 e. The Morgan fingerprint density at radius 2 is 1.69 bits per heavy atom. The fourth-order valence-corrected chi connectivity index (χ4v) is 6.55. The molecule has 42 heavy (non-hydrogen) atoms. The van der Waals surface area contributed by atoms with Crippen LogP contribution in [0.4, 0.5) is 5.69 Å². The van der Waals surface area contributed by atoms with Crippen molar-refractivity contribution in [2.75, 3.05) is 85.7 Å². The molecule has 2 aromatic carbocycles. The van der Waals surface area contributed by atoms with E-state index in [1.807, 2.05) is 17.0 Å². The van der Waals surface area contributed by atoms with Gasteiger partial charge in [0.05, 0.1) is 51.4 Å². The number of anilines is 1. The van der Waals surface area contributed by atoms with Crippen molar-refractivity contribution in [3.05, 3.63) is 34.9 Å². The van der Waals surface area contributed by atoms with Crippen LogP contribution in [0.25, 0.3) is 22.2 Å². The molecule has 0 radical (unpaired) electrons. The molecule has 224 valence electrons. The van der Waals surface area contributed by atoms with Crippen LogP contribution in [0.2, 0.25) is 0 Å². The highest BCUT2D eigenvalue weighted by atomic mass is 16.5. The molecule has 3 aromatic rings. The van der Waals surface area contributed by atoms with Crippen LogP contribution in [0.5, 0.6) is 23.0 Å². The maximum atomic E-state index is 13.8. The topological polar surface area (TPSA) is 103 Å². The van der Waals surface area contributed by atoms with Crippen molar-refractivity contribution >= 4 is 22.5 Å². The average Bonchev–Trinajstić information content (AvgIpc) is 3.01. The summed E-state index contributed by atoms with van der Waals surface area (Å²) in [7, 11) is 7.05. The highest BCUT2D eigenvalue weighted by Gasteiger charge is 2.35. The lowest BCUT2D eigenvalue weighted by Gasteiger charge is -2.36. The lowest BCUT2D eigenvalue weighted by molar-refractivity contribution is -0.120. The number of methoxy groups -OCH3 is 3. The van der Waals surface area contributed by atoms with Crippen molar-refractivity contribution in [2.45, 2.75) is 25.7 Å². The second-order valence-electron chi connectivity index (χ2n) is 11.3. The predicted molar refractivity (Wildman–Crippen MR) is 163 cm³/mol. The van der Waals surface area contributed by atoms with Crippen LogP contribution in [0, 0.1) is 0 Å². The van der Waals surface area contributed by atoms with Crippen molar-refractivity contribution in [1.82, 2.24) is 14.8 Å². The monoisotopic (exact) mass is 575 g/mol. The molecule has 6 rings (SSSR count). The van der Waals surface area contributed by atoms with E-state index in [2.05, 4.69) is 22.9 Å². The zero-order valence-corrected chi connectivity index (χ0v) is 25.1. The molecule has 3 heterocycles. The second-order valence-corrected chi connectivity index (χ2v) is 11.3. The zero-order chi connectivity index (χ0) is 29.4. The number of rotatable bonds is 9. The highest BCUT2D eigenvalue weighted by molar-refractivity contribution is 6.10. The normalized spacial score (nSPS) is 16.6. The number of aryl methyl sites for hydroxylation is 1. The summed E-state index contributed by atoms with van der Waals surface area (Å²) < 4.78 is 23.5. The number of amides is 1. The number of hydrogen-bond donors (Lipinski definition) is 1. The van der Waals surface area contributed by atoms with E-state index in [0.717, 1.165) is 85.5 Å². The van der Waals surface area contributed by atoms with Gasteiger partial charge in [-0.05, 0) is 68.1 Å². The third-order valence-corrected chi connectivity index (χ3v) is 8.81. The van der Waals surface area contributed by atoms with Gasteiger partial charge in [-0.25, -0.2) is 4.98 Å². The Morgan fingerprint density at radius 3 is 2.40 bits per heavy atom. The van der Waals surface area contributed by atoms with E-state index < -0.39 is 0 Å². The van der Waals surface area contributed by atoms with Gasteiger partial charge in [0.15, 0.2) is 23.0 Å². The van der Waals surface area contributed by atoms with Gasteiger partial charge in [-0.2, -0.15) is 0 Å². The van der Waals surface area contributed by atoms with Gasteiger partial charge in [0.1, 0.15) is 0 Å². The van der Waals surface area contributed by atoms with E-state index in [1.165, 1.54) is 16.7 Å². The van der Waals surface area contributed by atoms with Crippen molar-refractivity contribution < 1.29 is 23.7 Å². The molecule has 1 aliphatic carbocycles. The number of nitrogens with zero attached hydrogens (tertiary/aromatic N) is 4. The number of aromatic nitrogens is 1. The minimum atomic E-state index is 0.0769. The molecule has 10 heteroatoms. The summed E-state index contributed by atoms with van der Waals surface area (Å²) >= 11 is 0. The van der Waals surface area contributed by atoms with E-state index in [-0.39, 0.29) is 5.91 Å². The molecule has 2 N–H and O–H groups in total. The van der Waals surface area contributed by atoms with Gasteiger partial charge in [-0.1, -0.05) is 0 Å². The van der Waals surface area contributed by atoms with Gasteiger partial charge < -0.3 is 34.5 Å². The summed E-state index contributed by atoms with van der Waals surface area (Å²) in [5.41, 5.74) is 12.9. The van der Waals surface area contributed by atoms with Crippen molar-refractivity contribution in [2.24, 2.45) is 5.73 Å². The molecule has 0 bridgehead atoms. The number of benzene rings is 2. The number of nitrogens with two attached hydrogens (primary N) is 1. The summed E-state index contributed by atoms with van der Waals surface area (Å²) in [4.78, 5) is 25.5. The molecule has 3 aliphatic rings. The van der Waals surface area contributed by atoms with E-state index in [9.17, 15) is 4.79 Å². The molecule has 1 fully saturated rings. The predicted octanol–water partition coefficient (Wildman–Crippen LogP) is 2.89. The van der Waals surface area contributed by atoms with Gasteiger partial charge in [-0.3, -0.25) is 9.69 Å². The Morgan fingerprint density at radius 1 is 0.905 bits per heavy atom. The molecular formula is C32H41N5O5. The van der Waals surface area contributed by atoms with Gasteiger partial charge >= 0.3 is 0 Å². The number of piperazine rings is 1. The molecule has 1 amide bonds. The van der Waals surface area contributed by atoms with Crippen LogP contribution in [-0.4, -0.2) is 101 Å². The average molecular weight is 576 g/mol. The fourth-order valence-electron chi connectivity index (χ4n) is 6.55. The number of carbonyl (C=O) groups is 1. The number of fused-ring (bicyclic) bond motifs is 4. The van der Waals surface area contributed by atoms with Crippen LogP contribution >= 0.6 is 0 Å². The summed E-state index contributed by atoms with van der Waals surface area (Å²) in [6, 6.07) is 6.07. The third-order valence-electron chi connectivity index (χ3n) is 8.81. The number of ether oxygens (including phenoxy) is 4. The quantitative estimate of drug-likeness (QED) is 0.386. The maximum absolute atomic E-state index is 13.8. The van der Waals surface area contributed by atoms with E-state index in [1.54, 1.807) is 21.3 Å². The van der Waals surface area contributed by atoms with E-state index in [4.69, 9.17) is 29.7 Å². The largest absolute Gasteiger partial charge is 0.493 e. The summed E-state index contributed by atoms with van der Waals surface area (Å²) in [5.74, 6) is 2.64. The Labute approximate surface area is 247 Å². The van der Waals surface area contributed by atoms with Crippen molar-refractivity contribution in [3.8, 4) is 34.3 Å². The number of likely N-dealkylation sites (N-methyl/N-ethyl adjacent to an activating group) is 1. The lowest BCUT2D eigenvalue weighted by atomic mass is 9.82. The maximum Gasteiger partial charge on any atom is 0.241 e. The number of hydrogen-bond acceptors (Lipinski definition) is 9. The van der Waals surface area contributed by atoms with Crippen LogP contribution in [0.15, 0.2) is 18.2 Å². The zero-order valence-electron chi connectivity index (χ0n) is 25.1. The van der Waals surface area contributed by atoms with Crippen LogP contribution in [0.3, 0.4) is 0 Å². The Kier molecular flexibility index (Phi) is 8.11. The molecular weight excluding hydrogens is 534 g/mol. The Balaban J connectivity index is 1.45. The Hall–Kier alpha value is -3.60. The van der Waals surface area contributed by atoms with Gasteiger partial charge in [0, 0.05) is 49.7 Å². The van der Waals surface area contributed by atoms with Crippen molar-refractivity contribution in [3.63, 3.8) is 0 Å². The molecule has 2 aliphatic heterocycles. The highest BCUT2D eigenvalue weighted by Crippen LogP contribution is 2.50. The number of pyridine rings is 1. The lowest BCUT2D eigenvalue weighted by Crippen LogP contribution is -2.49. The first-order valence-corrected chi connectivity index (χ1v) is 14.8. The summed E-state index contributed by atoms with van der Waals surface area (Å²) in [5, 5.41) is 0.988. The van der Waals surface area contributed by atoms with Gasteiger partial charge in [-0.15, -0.1) is 0 Å².